The van der Waals surface area contributed by atoms with Crippen molar-refractivity contribution in [3.05, 3.63) is 12.3 Å². The summed E-state index contributed by atoms with van der Waals surface area (Å²) in [7, 11) is 0. The number of nitrogens with one attached hydrogen (secondary N) is 1. The minimum atomic E-state index is 0.364. The first-order valence-electron chi connectivity index (χ1n) is 4.62. The second kappa shape index (κ2) is 3.74. The Morgan fingerprint density at radius 2 is 2.00 bits per heavy atom. The number of hydrogen-bond acceptors (Lipinski definition) is 2. The Balaban J connectivity index is 2.68. The summed E-state index contributed by atoms with van der Waals surface area (Å²) in [5.74, 6) is 2.20. The third-order valence-corrected chi connectivity index (χ3v) is 2.04. The standard InChI is InChI=1S/C10H18N2/c1-7(2)9-5-6-11-10(12-9)8(3)4/h5-9H,1-4H3,(H,11,12). The first-order chi connectivity index (χ1) is 5.61. The molecule has 0 aromatic carbocycles. The van der Waals surface area contributed by atoms with Crippen LogP contribution >= 0.6 is 0 Å². The van der Waals surface area contributed by atoms with Crippen LogP contribution in [0.1, 0.15) is 27.7 Å². The fraction of sp³-hybridized carbons (Fsp3) is 0.700. The second-order valence-electron chi connectivity index (χ2n) is 3.91. The zero-order valence-electron chi connectivity index (χ0n) is 8.33. The van der Waals surface area contributed by atoms with Crippen LogP contribution in [0.5, 0.6) is 0 Å². The number of hydrogen-bond donors (Lipinski definition) is 1. The van der Waals surface area contributed by atoms with Gasteiger partial charge in [0.25, 0.3) is 0 Å². The Bertz CT molecular complexity index is 202. The van der Waals surface area contributed by atoms with Crippen LogP contribution in [0.2, 0.25) is 0 Å². The van der Waals surface area contributed by atoms with Crippen molar-refractivity contribution in [3.8, 4) is 0 Å². The van der Waals surface area contributed by atoms with Crippen LogP contribution in [0.25, 0.3) is 0 Å². The molecule has 0 aromatic rings. The smallest absolute Gasteiger partial charge is 0.104 e. The van der Waals surface area contributed by atoms with Crippen molar-refractivity contribution in [1.29, 1.82) is 0 Å². The van der Waals surface area contributed by atoms with Gasteiger partial charge in [-0.2, -0.15) is 0 Å². The zero-order valence-corrected chi connectivity index (χ0v) is 8.33. The predicted molar refractivity (Wildman–Crippen MR) is 53.2 cm³/mol. The summed E-state index contributed by atoms with van der Waals surface area (Å²) >= 11 is 0. The molecule has 0 spiro atoms. The molecule has 1 atom stereocenters. The molecule has 0 fully saturated rings. The molecule has 2 nitrogen and oxygen atoms in total. The SMILES string of the molecule is CC(C)C1=NC(C(C)C)C=CN1. The van der Waals surface area contributed by atoms with Gasteiger partial charge in [-0.3, -0.25) is 4.99 Å². The quantitative estimate of drug-likeness (QED) is 0.668. The molecule has 0 radical (unpaired) electrons. The van der Waals surface area contributed by atoms with E-state index < -0.39 is 0 Å². The van der Waals surface area contributed by atoms with Gasteiger partial charge in [-0.25, -0.2) is 0 Å². The van der Waals surface area contributed by atoms with Gasteiger partial charge < -0.3 is 5.32 Å². The monoisotopic (exact) mass is 166 g/mol. The van der Waals surface area contributed by atoms with Crippen molar-refractivity contribution >= 4 is 5.84 Å². The van der Waals surface area contributed by atoms with E-state index in [1.165, 1.54) is 0 Å². The van der Waals surface area contributed by atoms with Crippen LogP contribution in [0.4, 0.5) is 0 Å². The fourth-order valence-electron chi connectivity index (χ4n) is 1.16. The van der Waals surface area contributed by atoms with Gasteiger partial charge in [-0.15, -0.1) is 0 Å². The Kier molecular flexibility index (Phi) is 2.90. The van der Waals surface area contributed by atoms with E-state index in [1.807, 2.05) is 6.20 Å². The number of rotatable bonds is 2. The lowest BCUT2D eigenvalue weighted by molar-refractivity contribution is 0.560. The third-order valence-electron chi connectivity index (χ3n) is 2.04. The number of nitrogens with zero attached hydrogens (tertiary/aromatic N) is 1. The maximum atomic E-state index is 4.60. The molecule has 12 heavy (non-hydrogen) atoms. The van der Waals surface area contributed by atoms with Crippen molar-refractivity contribution in [3.63, 3.8) is 0 Å². The Morgan fingerprint density at radius 1 is 1.33 bits per heavy atom. The first kappa shape index (κ1) is 9.30. The number of amidine groups is 1. The minimum absolute atomic E-state index is 0.364. The summed E-state index contributed by atoms with van der Waals surface area (Å²) in [4.78, 5) is 4.60. The summed E-state index contributed by atoms with van der Waals surface area (Å²) in [6.45, 7) is 8.70. The molecule has 0 bridgehead atoms. The first-order valence-corrected chi connectivity index (χ1v) is 4.62. The highest BCUT2D eigenvalue weighted by Crippen LogP contribution is 2.12. The molecule has 68 valence electrons. The van der Waals surface area contributed by atoms with E-state index in [1.54, 1.807) is 0 Å². The lowest BCUT2D eigenvalue weighted by Crippen LogP contribution is -2.30. The van der Waals surface area contributed by atoms with Crippen molar-refractivity contribution in [2.75, 3.05) is 0 Å². The summed E-state index contributed by atoms with van der Waals surface area (Å²) < 4.78 is 0. The largest absolute Gasteiger partial charge is 0.350 e. The molecule has 1 aliphatic heterocycles. The molecule has 0 aromatic heterocycles. The topological polar surface area (TPSA) is 24.4 Å². The summed E-state index contributed by atoms with van der Waals surface area (Å²) in [6.07, 6.45) is 4.13. The Labute approximate surface area is 74.8 Å². The van der Waals surface area contributed by atoms with Crippen molar-refractivity contribution in [2.24, 2.45) is 16.8 Å². The molecular formula is C10H18N2. The Hall–Kier alpha value is -0.790. The highest BCUT2D eigenvalue weighted by molar-refractivity contribution is 5.85. The van der Waals surface area contributed by atoms with Gasteiger partial charge in [0.15, 0.2) is 0 Å². The molecule has 1 aliphatic rings. The van der Waals surface area contributed by atoms with Gasteiger partial charge in [-0.05, 0) is 12.0 Å². The van der Waals surface area contributed by atoms with Crippen LogP contribution in [-0.2, 0) is 0 Å². The van der Waals surface area contributed by atoms with Crippen LogP contribution in [-0.4, -0.2) is 11.9 Å². The lowest BCUT2D eigenvalue weighted by Gasteiger charge is -2.21. The van der Waals surface area contributed by atoms with Gasteiger partial charge in [0.2, 0.25) is 0 Å². The fourth-order valence-corrected chi connectivity index (χ4v) is 1.16. The second-order valence-corrected chi connectivity index (χ2v) is 3.91. The molecule has 1 heterocycles. The summed E-state index contributed by atoms with van der Waals surface area (Å²) in [5, 5.41) is 3.17. The normalized spacial score (nSPS) is 22.8. The molecule has 0 saturated carbocycles. The van der Waals surface area contributed by atoms with E-state index in [2.05, 4.69) is 44.1 Å². The molecule has 1 unspecified atom stereocenters. The predicted octanol–water partition coefficient (Wildman–Crippen LogP) is 2.18. The van der Waals surface area contributed by atoms with Gasteiger partial charge in [0.1, 0.15) is 5.84 Å². The van der Waals surface area contributed by atoms with Crippen molar-refractivity contribution in [1.82, 2.24) is 5.32 Å². The zero-order chi connectivity index (χ0) is 9.14. The molecule has 0 aliphatic carbocycles. The number of aliphatic imine (C=N–C) groups is 1. The molecule has 1 rings (SSSR count). The molecule has 0 saturated heterocycles. The van der Waals surface area contributed by atoms with E-state index in [-0.39, 0.29) is 0 Å². The van der Waals surface area contributed by atoms with Crippen molar-refractivity contribution in [2.45, 2.75) is 33.7 Å². The average molecular weight is 166 g/mol. The Morgan fingerprint density at radius 3 is 2.50 bits per heavy atom. The summed E-state index contributed by atoms with van der Waals surface area (Å²) in [5.41, 5.74) is 0. The highest BCUT2D eigenvalue weighted by atomic mass is 15.0. The van der Waals surface area contributed by atoms with Crippen molar-refractivity contribution < 1.29 is 0 Å². The van der Waals surface area contributed by atoms with E-state index in [9.17, 15) is 0 Å². The third kappa shape index (κ3) is 2.10. The maximum absolute atomic E-state index is 4.60. The van der Waals surface area contributed by atoms with E-state index in [4.69, 9.17) is 0 Å². The molecular weight excluding hydrogens is 148 g/mol. The molecule has 1 N–H and O–H groups in total. The van der Waals surface area contributed by atoms with E-state index >= 15 is 0 Å². The lowest BCUT2D eigenvalue weighted by atomic mass is 10.0. The highest BCUT2D eigenvalue weighted by Gasteiger charge is 2.14. The van der Waals surface area contributed by atoms with Gasteiger partial charge in [0, 0.05) is 12.1 Å². The molecule has 2 heteroatoms. The summed E-state index contributed by atoms with van der Waals surface area (Å²) in [6, 6.07) is 0.364. The van der Waals surface area contributed by atoms with Gasteiger partial charge >= 0.3 is 0 Å². The maximum Gasteiger partial charge on any atom is 0.104 e. The van der Waals surface area contributed by atoms with Crippen LogP contribution in [0.15, 0.2) is 17.3 Å². The van der Waals surface area contributed by atoms with E-state index in [0.717, 1.165) is 5.84 Å². The van der Waals surface area contributed by atoms with Crippen LogP contribution in [0.3, 0.4) is 0 Å². The van der Waals surface area contributed by atoms with Gasteiger partial charge in [-0.1, -0.05) is 27.7 Å². The van der Waals surface area contributed by atoms with Crippen LogP contribution in [0, 0.1) is 11.8 Å². The molecule has 0 amide bonds. The van der Waals surface area contributed by atoms with Gasteiger partial charge in [0.05, 0.1) is 6.04 Å². The van der Waals surface area contributed by atoms with E-state index in [0.29, 0.717) is 17.9 Å². The average Bonchev–Trinajstić information content (AvgIpc) is 2.04. The van der Waals surface area contributed by atoms with Crippen LogP contribution < -0.4 is 5.32 Å². The minimum Gasteiger partial charge on any atom is -0.350 e.